The summed E-state index contributed by atoms with van der Waals surface area (Å²) in [4.78, 5) is 29.2. The van der Waals surface area contributed by atoms with Crippen LogP contribution in [0.5, 0.6) is 5.75 Å². The lowest BCUT2D eigenvalue weighted by molar-refractivity contribution is -0.151. The molecule has 0 bridgehead atoms. The molecule has 0 unspecified atom stereocenters. The average Bonchev–Trinajstić information content (AvgIpc) is 3.04. The summed E-state index contributed by atoms with van der Waals surface area (Å²) in [5.74, 6) is -0.765. The van der Waals surface area contributed by atoms with Crippen LogP contribution < -0.4 is 10.4 Å². The Morgan fingerprint density at radius 1 is 1.24 bits per heavy atom. The van der Waals surface area contributed by atoms with Crippen LogP contribution >= 0.6 is 0 Å². The molecule has 0 radical (unpaired) electrons. The van der Waals surface area contributed by atoms with Gasteiger partial charge in [-0.3, -0.25) is 4.98 Å². The lowest BCUT2D eigenvalue weighted by Crippen LogP contribution is -2.32. The number of carbonyl (C=O) groups excluding carboxylic acids is 1. The third-order valence-electron chi connectivity index (χ3n) is 4.22. The first kappa shape index (κ1) is 15.4. The lowest BCUT2D eigenvalue weighted by Gasteiger charge is -2.17. The van der Waals surface area contributed by atoms with E-state index in [-0.39, 0.29) is 6.61 Å². The first-order valence-corrected chi connectivity index (χ1v) is 7.99. The summed E-state index contributed by atoms with van der Waals surface area (Å²) in [7, 11) is 0. The van der Waals surface area contributed by atoms with E-state index in [4.69, 9.17) is 13.9 Å². The normalized spacial score (nSPS) is 18.6. The van der Waals surface area contributed by atoms with Crippen LogP contribution in [0, 0.1) is 0 Å². The number of hydrogen-bond acceptors (Lipinski definition) is 6. The van der Waals surface area contributed by atoms with Crippen LogP contribution in [0.2, 0.25) is 0 Å². The van der Waals surface area contributed by atoms with Crippen molar-refractivity contribution in [1.29, 1.82) is 0 Å². The average molecular weight is 337 g/mol. The summed E-state index contributed by atoms with van der Waals surface area (Å²) in [5.41, 5.74) is 0.918. The highest BCUT2D eigenvalue weighted by Crippen LogP contribution is 2.44. The van der Waals surface area contributed by atoms with E-state index in [0.29, 0.717) is 27.8 Å². The van der Waals surface area contributed by atoms with Crippen LogP contribution in [0.15, 0.2) is 58.0 Å². The molecule has 4 rings (SSSR count). The zero-order valence-electron chi connectivity index (χ0n) is 13.5. The molecule has 126 valence electrons. The van der Waals surface area contributed by atoms with Crippen LogP contribution in [0.25, 0.3) is 11.0 Å². The number of hydrogen-bond donors (Lipinski definition) is 0. The van der Waals surface area contributed by atoms with Gasteiger partial charge in [0.15, 0.2) is 0 Å². The summed E-state index contributed by atoms with van der Waals surface area (Å²) in [5, 5.41) is 0.651. The fourth-order valence-corrected chi connectivity index (χ4v) is 3.19. The molecule has 6 nitrogen and oxygen atoms in total. The largest absolute Gasteiger partial charge is 0.476 e. The first-order chi connectivity index (χ1) is 12.2. The Bertz CT molecular complexity index is 996. The van der Waals surface area contributed by atoms with Crippen molar-refractivity contribution in [3.05, 3.63) is 70.3 Å². The molecular formula is C19H15NO5. The fraction of sp³-hybridized carbons (Fsp3) is 0.211. The molecule has 0 saturated heterocycles. The van der Waals surface area contributed by atoms with Gasteiger partial charge in [-0.2, -0.15) is 0 Å². The van der Waals surface area contributed by atoms with Gasteiger partial charge in [0.1, 0.15) is 11.3 Å². The monoisotopic (exact) mass is 337 g/mol. The molecule has 25 heavy (non-hydrogen) atoms. The van der Waals surface area contributed by atoms with Crippen LogP contribution in [0.3, 0.4) is 0 Å². The van der Waals surface area contributed by atoms with Gasteiger partial charge in [0, 0.05) is 12.4 Å². The third kappa shape index (κ3) is 2.46. The van der Waals surface area contributed by atoms with Crippen molar-refractivity contribution in [2.24, 2.45) is 0 Å². The quantitative estimate of drug-likeness (QED) is 0.540. The zero-order valence-corrected chi connectivity index (χ0v) is 13.5. The van der Waals surface area contributed by atoms with E-state index >= 15 is 0 Å². The SMILES string of the molecule is CCOC(=O)[C@@H]1Oc2c(c(=O)oc3ccccc23)[C@@H]1c1cccnc1. The van der Waals surface area contributed by atoms with Gasteiger partial charge < -0.3 is 13.9 Å². The van der Waals surface area contributed by atoms with Gasteiger partial charge in [-0.15, -0.1) is 0 Å². The molecule has 0 fully saturated rings. The Morgan fingerprint density at radius 2 is 2.08 bits per heavy atom. The number of aromatic nitrogens is 1. The molecule has 3 heterocycles. The van der Waals surface area contributed by atoms with Gasteiger partial charge in [0.2, 0.25) is 6.10 Å². The summed E-state index contributed by atoms with van der Waals surface area (Å²) in [6, 6.07) is 10.6. The Labute approximate surface area is 143 Å². The lowest BCUT2D eigenvalue weighted by atomic mass is 9.89. The van der Waals surface area contributed by atoms with Crippen molar-refractivity contribution in [2.45, 2.75) is 18.9 Å². The summed E-state index contributed by atoms with van der Waals surface area (Å²) >= 11 is 0. The number of fused-ring (bicyclic) bond motifs is 3. The maximum absolute atomic E-state index is 12.6. The van der Waals surface area contributed by atoms with E-state index in [0.717, 1.165) is 0 Å². The molecule has 0 saturated carbocycles. The third-order valence-corrected chi connectivity index (χ3v) is 4.22. The maximum atomic E-state index is 12.6. The van der Waals surface area contributed by atoms with E-state index in [9.17, 15) is 9.59 Å². The Kier molecular flexibility index (Phi) is 3.72. The fourth-order valence-electron chi connectivity index (χ4n) is 3.19. The molecule has 3 aromatic rings. The maximum Gasteiger partial charge on any atom is 0.348 e. The van der Waals surface area contributed by atoms with Crippen LogP contribution in [0.1, 0.15) is 24.0 Å². The van der Waals surface area contributed by atoms with E-state index < -0.39 is 23.6 Å². The van der Waals surface area contributed by atoms with E-state index in [1.807, 2.05) is 6.07 Å². The Balaban J connectivity index is 1.96. The Hall–Kier alpha value is -3.15. The minimum atomic E-state index is -0.951. The molecule has 2 aromatic heterocycles. The standard InChI is InChI=1S/C19H15NO5/c1-2-23-19(22)17-14(11-6-5-9-20-10-11)15-16(25-17)12-7-3-4-8-13(12)24-18(15)21/h3-10,14,17H,2H2,1H3/t14-,17+/m0/s1. The van der Waals surface area contributed by atoms with Gasteiger partial charge in [-0.1, -0.05) is 18.2 Å². The number of rotatable bonds is 3. The summed E-state index contributed by atoms with van der Waals surface area (Å²) in [6.45, 7) is 1.95. The summed E-state index contributed by atoms with van der Waals surface area (Å²) in [6.07, 6.45) is 2.29. The van der Waals surface area contributed by atoms with Gasteiger partial charge in [0.05, 0.1) is 23.5 Å². The second-order valence-corrected chi connectivity index (χ2v) is 5.68. The smallest absolute Gasteiger partial charge is 0.348 e. The number of pyridine rings is 1. The zero-order chi connectivity index (χ0) is 17.4. The van der Waals surface area contributed by atoms with Crippen LogP contribution in [-0.4, -0.2) is 23.7 Å². The first-order valence-electron chi connectivity index (χ1n) is 7.99. The number of nitrogens with zero attached hydrogens (tertiary/aromatic N) is 1. The number of carbonyl (C=O) groups is 1. The van der Waals surface area contributed by atoms with Crippen molar-refractivity contribution in [2.75, 3.05) is 6.61 Å². The van der Waals surface area contributed by atoms with Crippen molar-refractivity contribution < 1.29 is 18.7 Å². The second-order valence-electron chi connectivity index (χ2n) is 5.68. The minimum absolute atomic E-state index is 0.226. The highest BCUT2D eigenvalue weighted by molar-refractivity contribution is 5.88. The molecule has 1 aliphatic rings. The van der Waals surface area contributed by atoms with E-state index in [2.05, 4.69) is 4.98 Å². The molecule has 0 amide bonds. The van der Waals surface area contributed by atoms with Crippen molar-refractivity contribution in [3.63, 3.8) is 0 Å². The predicted molar refractivity (Wildman–Crippen MR) is 89.6 cm³/mol. The van der Waals surface area contributed by atoms with Crippen molar-refractivity contribution in [1.82, 2.24) is 4.98 Å². The topological polar surface area (TPSA) is 78.6 Å². The van der Waals surface area contributed by atoms with Gasteiger partial charge in [0.25, 0.3) is 0 Å². The number of para-hydroxylation sites is 1. The number of esters is 1. The Morgan fingerprint density at radius 3 is 2.84 bits per heavy atom. The van der Waals surface area contributed by atoms with Crippen molar-refractivity contribution in [3.8, 4) is 5.75 Å². The number of ether oxygens (including phenoxy) is 2. The highest BCUT2D eigenvalue weighted by atomic mass is 16.6. The predicted octanol–water partition coefficient (Wildman–Crippen LogP) is 2.64. The molecule has 1 aliphatic heterocycles. The molecular weight excluding hydrogens is 322 g/mol. The van der Waals surface area contributed by atoms with Crippen LogP contribution in [-0.2, 0) is 9.53 Å². The summed E-state index contributed by atoms with van der Waals surface area (Å²) < 4.78 is 16.5. The molecule has 0 aliphatic carbocycles. The molecule has 1 aromatic carbocycles. The molecule has 0 spiro atoms. The van der Waals surface area contributed by atoms with E-state index in [1.54, 1.807) is 49.6 Å². The molecule has 6 heteroatoms. The highest BCUT2D eigenvalue weighted by Gasteiger charge is 2.45. The van der Waals surface area contributed by atoms with E-state index in [1.165, 1.54) is 0 Å². The van der Waals surface area contributed by atoms with Crippen molar-refractivity contribution >= 4 is 16.9 Å². The van der Waals surface area contributed by atoms with Gasteiger partial charge >= 0.3 is 11.6 Å². The molecule has 2 atom stereocenters. The van der Waals surface area contributed by atoms with Crippen LogP contribution in [0.4, 0.5) is 0 Å². The van der Waals surface area contributed by atoms with Gasteiger partial charge in [-0.25, -0.2) is 9.59 Å². The second kappa shape index (κ2) is 6.05. The number of benzene rings is 1. The van der Waals surface area contributed by atoms with Gasteiger partial charge in [-0.05, 0) is 30.7 Å². The molecule has 0 N–H and O–H groups in total. The minimum Gasteiger partial charge on any atom is -0.476 e.